The highest BCUT2D eigenvalue weighted by molar-refractivity contribution is 6.28. The highest BCUT2D eigenvalue weighted by Crippen LogP contribution is 2.58. The lowest BCUT2D eigenvalue weighted by Gasteiger charge is -2.32. The number of benzene rings is 12. The van der Waals surface area contributed by atoms with Crippen molar-refractivity contribution in [3.05, 3.63) is 264 Å². The van der Waals surface area contributed by atoms with E-state index in [2.05, 4.69) is 195 Å². The van der Waals surface area contributed by atoms with Crippen molar-refractivity contribution < 1.29 is 8.78 Å². The van der Waals surface area contributed by atoms with Gasteiger partial charge in [-0.05, 0) is 127 Å². The van der Waals surface area contributed by atoms with Crippen molar-refractivity contribution in [3.8, 4) is 44.5 Å². The van der Waals surface area contributed by atoms with E-state index in [0.717, 1.165) is 77.6 Å². The van der Waals surface area contributed by atoms with E-state index in [-0.39, 0.29) is 22.5 Å². The van der Waals surface area contributed by atoms with Crippen molar-refractivity contribution >= 4 is 66.4 Å². The Bertz CT molecular complexity index is 3990. The van der Waals surface area contributed by atoms with Crippen molar-refractivity contribution in [2.45, 2.75) is 38.5 Å². The Morgan fingerprint density at radius 1 is 0.311 bits per heavy atom. The molecular formula is C70H50F2N2. The summed E-state index contributed by atoms with van der Waals surface area (Å²) in [6.07, 6.45) is 0. The highest BCUT2D eigenvalue weighted by Gasteiger charge is 2.40. The van der Waals surface area contributed by atoms with Gasteiger partial charge >= 0.3 is 0 Å². The average molecular weight is 957 g/mol. The molecule has 0 saturated heterocycles. The summed E-state index contributed by atoms with van der Waals surface area (Å²) < 4.78 is 31.4. The minimum absolute atomic E-state index is 0.223. The first kappa shape index (κ1) is 43.9. The van der Waals surface area contributed by atoms with Gasteiger partial charge in [0.05, 0.1) is 22.7 Å². The lowest BCUT2D eigenvalue weighted by molar-refractivity contribution is 0.631. The van der Waals surface area contributed by atoms with Crippen molar-refractivity contribution in [2.75, 3.05) is 9.80 Å². The van der Waals surface area contributed by atoms with Crippen LogP contribution in [0, 0.1) is 11.6 Å². The monoisotopic (exact) mass is 956 g/mol. The quantitative estimate of drug-likeness (QED) is 0.140. The minimum atomic E-state index is -0.257. The van der Waals surface area contributed by atoms with Crippen LogP contribution in [-0.4, -0.2) is 0 Å². The maximum Gasteiger partial charge on any atom is 0.131 e. The van der Waals surface area contributed by atoms with Crippen LogP contribution < -0.4 is 9.80 Å². The summed E-state index contributed by atoms with van der Waals surface area (Å²) >= 11 is 0. The molecule has 0 saturated carbocycles. The number of hydrogen-bond donors (Lipinski definition) is 0. The van der Waals surface area contributed by atoms with Crippen LogP contribution in [0.25, 0.3) is 76.8 Å². The summed E-state index contributed by atoms with van der Waals surface area (Å²) in [6.45, 7) is 9.28. The molecule has 0 radical (unpaired) electrons. The Hall–Kier alpha value is -8.86. The molecule has 0 spiro atoms. The molecule has 4 heteroatoms. The molecule has 0 aromatic heterocycles. The third-order valence-electron chi connectivity index (χ3n) is 16.3. The molecule has 14 rings (SSSR count). The average Bonchev–Trinajstić information content (AvgIpc) is 3.84. The van der Waals surface area contributed by atoms with E-state index in [1.165, 1.54) is 56.6 Å². The standard InChI is InChI=1S/C70H50F2N2/c1-69(2)55-25-9-5-23-51(55)67-57(69)27-15-31-63(67)73(47-19-13-17-45(41-47)49-21-7-11-29-59(49)71)61-39-35-43-34-38-54-62(40-36-44-33-37-53(61)65(43)66(44)54)74(48-20-14-18-46(42-48)50-22-8-12-30-60(50)72)64-32-16-28-58-68(64)52-24-6-10-26-56(52)70(58,3)4/h5-42H,1-4H3. The van der Waals surface area contributed by atoms with Crippen molar-refractivity contribution in [2.24, 2.45) is 0 Å². The van der Waals surface area contributed by atoms with Gasteiger partial charge in [0.2, 0.25) is 0 Å². The van der Waals surface area contributed by atoms with Gasteiger partial charge in [-0.25, -0.2) is 8.78 Å². The van der Waals surface area contributed by atoms with Gasteiger partial charge in [-0.3, -0.25) is 0 Å². The van der Waals surface area contributed by atoms with Gasteiger partial charge in [0, 0.05) is 55.2 Å². The Morgan fingerprint density at radius 2 is 0.676 bits per heavy atom. The first-order valence-electron chi connectivity index (χ1n) is 25.6. The summed E-state index contributed by atoms with van der Waals surface area (Å²) in [4.78, 5) is 4.81. The Balaban J connectivity index is 1.04. The first-order valence-corrected chi connectivity index (χ1v) is 25.6. The van der Waals surface area contributed by atoms with Crippen LogP contribution in [0.15, 0.2) is 231 Å². The van der Waals surface area contributed by atoms with E-state index in [1.54, 1.807) is 12.1 Å². The second-order valence-corrected chi connectivity index (χ2v) is 21.1. The summed E-state index contributed by atoms with van der Waals surface area (Å²) in [5, 5.41) is 6.78. The van der Waals surface area contributed by atoms with E-state index in [4.69, 9.17) is 0 Å². The van der Waals surface area contributed by atoms with Gasteiger partial charge in [-0.1, -0.05) is 198 Å². The summed E-state index contributed by atoms with van der Waals surface area (Å²) in [7, 11) is 0. The van der Waals surface area contributed by atoms with Crippen molar-refractivity contribution in [3.63, 3.8) is 0 Å². The smallest absolute Gasteiger partial charge is 0.131 e. The van der Waals surface area contributed by atoms with Gasteiger partial charge in [0.15, 0.2) is 0 Å². The molecule has 2 aliphatic rings. The van der Waals surface area contributed by atoms with E-state index in [0.29, 0.717) is 11.1 Å². The summed E-state index contributed by atoms with van der Waals surface area (Å²) in [5.74, 6) is -0.514. The fourth-order valence-corrected chi connectivity index (χ4v) is 12.8. The van der Waals surface area contributed by atoms with E-state index in [1.807, 2.05) is 48.5 Å². The summed E-state index contributed by atoms with van der Waals surface area (Å²) in [6, 6.07) is 79.9. The lowest BCUT2D eigenvalue weighted by Crippen LogP contribution is -2.16. The summed E-state index contributed by atoms with van der Waals surface area (Å²) in [5.41, 5.74) is 18.3. The van der Waals surface area contributed by atoms with Gasteiger partial charge in [0.1, 0.15) is 11.6 Å². The molecule has 0 heterocycles. The predicted octanol–water partition coefficient (Wildman–Crippen LogP) is 19.7. The Labute approximate surface area is 430 Å². The second kappa shape index (κ2) is 16.3. The molecular weight excluding hydrogens is 907 g/mol. The van der Waals surface area contributed by atoms with Gasteiger partial charge < -0.3 is 9.80 Å². The fraction of sp³-hybridized carbons (Fsp3) is 0.0857. The molecule has 2 nitrogen and oxygen atoms in total. The fourth-order valence-electron chi connectivity index (χ4n) is 12.8. The molecule has 2 aliphatic carbocycles. The Kier molecular flexibility index (Phi) is 9.68. The zero-order chi connectivity index (χ0) is 50.0. The lowest BCUT2D eigenvalue weighted by atomic mass is 9.82. The number of anilines is 6. The molecule has 12 aromatic carbocycles. The van der Waals surface area contributed by atoms with E-state index in [9.17, 15) is 0 Å². The van der Waals surface area contributed by atoms with Crippen molar-refractivity contribution in [1.29, 1.82) is 0 Å². The minimum Gasteiger partial charge on any atom is -0.309 e. The van der Waals surface area contributed by atoms with Crippen LogP contribution in [0.1, 0.15) is 49.9 Å². The molecule has 0 aliphatic heterocycles. The topological polar surface area (TPSA) is 6.48 Å². The largest absolute Gasteiger partial charge is 0.309 e. The maximum absolute atomic E-state index is 15.7. The van der Waals surface area contributed by atoms with Crippen LogP contribution in [0.4, 0.5) is 42.9 Å². The molecule has 0 N–H and O–H groups in total. The molecule has 12 aromatic rings. The molecule has 0 atom stereocenters. The third kappa shape index (κ3) is 6.40. The molecule has 354 valence electrons. The van der Waals surface area contributed by atoms with E-state index >= 15 is 8.78 Å². The van der Waals surface area contributed by atoms with Gasteiger partial charge in [-0.15, -0.1) is 0 Å². The van der Waals surface area contributed by atoms with Gasteiger partial charge in [0.25, 0.3) is 0 Å². The number of hydrogen-bond acceptors (Lipinski definition) is 2. The van der Waals surface area contributed by atoms with Crippen LogP contribution in [0.3, 0.4) is 0 Å². The van der Waals surface area contributed by atoms with Crippen LogP contribution in [0.2, 0.25) is 0 Å². The highest BCUT2D eigenvalue weighted by atomic mass is 19.1. The van der Waals surface area contributed by atoms with Crippen molar-refractivity contribution in [1.82, 2.24) is 0 Å². The molecule has 0 amide bonds. The van der Waals surface area contributed by atoms with Crippen LogP contribution in [-0.2, 0) is 10.8 Å². The normalized spacial score (nSPS) is 13.8. The zero-order valence-electron chi connectivity index (χ0n) is 41.6. The molecule has 0 unspecified atom stereocenters. The van der Waals surface area contributed by atoms with Crippen LogP contribution in [0.5, 0.6) is 0 Å². The molecule has 0 fully saturated rings. The van der Waals surface area contributed by atoms with Gasteiger partial charge in [-0.2, -0.15) is 0 Å². The zero-order valence-corrected chi connectivity index (χ0v) is 41.6. The van der Waals surface area contributed by atoms with E-state index < -0.39 is 0 Å². The number of halogens is 2. The molecule has 0 bridgehead atoms. The number of rotatable bonds is 8. The number of fused-ring (bicyclic) bond motifs is 6. The first-order chi connectivity index (χ1) is 36.1. The maximum atomic E-state index is 15.7. The number of nitrogens with zero attached hydrogens (tertiary/aromatic N) is 2. The Morgan fingerprint density at radius 3 is 1.11 bits per heavy atom. The molecule has 74 heavy (non-hydrogen) atoms. The predicted molar refractivity (Wildman–Crippen MR) is 305 cm³/mol. The SMILES string of the molecule is CC1(C)c2ccccc2-c2c(N(c3cccc(-c4ccccc4F)c3)c3ccc4ccc5c(N(c6cccc(-c7ccccc7F)c6)c6cccc7c6-c6ccccc6C7(C)C)ccc6ccc3c4c65)cccc21. The van der Waals surface area contributed by atoms with Crippen LogP contribution >= 0.6 is 0 Å². The second-order valence-electron chi connectivity index (χ2n) is 21.1. The third-order valence-corrected chi connectivity index (χ3v) is 16.3.